The van der Waals surface area contributed by atoms with E-state index in [1.54, 1.807) is 12.3 Å². The molecule has 0 saturated carbocycles. The van der Waals surface area contributed by atoms with Crippen molar-refractivity contribution < 1.29 is 4.79 Å². The number of hydrogen-bond donors (Lipinski definition) is 0. The molecule has 4 heteroatoms. The molecule has 0 saturated heterocycles. The summed E-state index contributed by atoms with van der Waals surface area (Å²) in [6.07, 6.45) is 2.46. The number of nitrogens with zero attached hydrogens (tertiary/aromatic N) is 2. The van der Waals surface area contributed by atoms with Crippen molar-refractivity contribution in [3.05, 3.63) is 64.4 Å². The minimum Gasteiger partial charge on any atom is -0.334 e. The van der Waals surface area contributed by atoms with Crippen LogP contribution in [0, 0.1) is 6.92 Å². The van der Waals surface area contributed by atoms with E-state index in [-0.39, 0.29) is 5.91 Å². The van der Waals surface area contributed by atoms with Crippen molar-refractivity contribution in [2.24, 2.45) is 0 Å². The number of carbonyl (C=O) groups is 1. The number of pyridine rings is 1. The van der Waals surface area contributed by atoms with Gasteiger partial charge >= 0.3 is 0 Å². The lowest BCUT2D eigenvalue weighted by Gasteiger charge is -2.22. The molecular formula is C17H19ClN2O. The van der Waals surface area contributed by atoms with Gasteiger partial charge in [-0.1, -0.05) is 48.9 Å². The molecule has 0 radical (unpaired) electrons. The maximum atomic E-state index is 12.7. The first kappa shape index (κ1) is 15.5. The summed E-state index contributed by atoms with van der Waals surface area (Å²) >= 11 is 6.18. The van der Waals surface area contributed by atoms with Crippen LogP contribution in [0.1, 0.15) is 35.0 Å². The van der Waals surface area contributed by atoms with E-state index in [1.165, 1.54) is 0 Å². The molecule has 0 spiro atoms. The number of hydrogen-bond acceptors (Lipinski definition) is 2. The lowest BCUT2D eigenvalue weighted by Crippen LogP contribution is -2.31. The Morgan fingerprint density at radius 2 is 2.00 bits per heavy atom. The third-order valence-corrected chi connectivity index (χ3v) is 3.53. The van der Waals surface area contributed by atoms with Gasteiger partial charge < -0.3 is 4.90 Å². The fraction of sp³-hybridized carbons (Fsp3) is 0.294. The number of carbonyl (C=O) groups excluding carboxylic acids is 1. The smallest absolute Gasteiger partial charge is 0.257 e. The maximum Gasteiger partial charge on any atom is 0.257 e. The van der Waals surface area contributed by atoms with Crippen molar-refractivity contribution in [1.82, 2.24) is 9.88 Å². The second-order valence-corrected chi connectivity index (χ2v) is 5.43. The molecule has 1 heterocycles. The zero-order chi connectivity index (χ0) is 15.2. The van der Waals surface area contributed by atoms with Gasteiger partial charge in [-0.15, -0.1) is 0 Å². The van der Waals surface area contributed by atoms with E-state index in [4.69, 9.17) is 11.6 Å². The van der Waals surface area contributed by atoms with Gasteiger partial charge in [-0.2, -0.15) is 0 Å². The monoisotopic (exact) mass is 302 g/mol. The van der Waals surface area contributed by atoms with Crippen molar-refractivity contribution in [2.75, 3.05) is 6.54 Å². The highest BCUT2D eigenvalue weighted by Gasteiger charge is 2.18. The summed E-state index contributed by atoms with van der Waals surface area (Å²) in [5, 5.41) is 0.460. The first-order chi connectivity index (χ1) is 10.1. The van der Waals surface area contributed by atoms with E-state index < -0.39 is 0 Å². The van der Waals surface area contributed by atoms with Gasteiger partial charge in [0.25, 0.3) is 5.91 Å². The largest absolute Gasteiger partial charge is 0.334 e. The third-order valence-electron chi connectivity index (χ3n) is 3.22. The minimum absolute atomic E-state index is 0.0711. The average molecular weight is 303 g/mol. The Labute approximate surface area is 130 Å². The lowest BCUT2D eigenvalue weighted by molar-refractivity contribution is 0.0743. The molecule has 2 rings (SSSR count). The standard InChI is InChI=1S/C17H19ClN2O/c1-3-9-20(12-14-7-5-4-6-8-14)17(21)15-11-19-13(2)10-16(15)18/h4-8,10-11H,3,9,12H2,1-2H3. The van der Waals surface area contributed by atoms with Gasteiger partial charge in [-0.25, -0.2) is 0 Å². The fourth-order valence-corrected chi connectivity index (χ4v) is 2.47. The number of rotatable bonds is 5. The molecule has 0 unspecified atom stereocenters. The molecule has 21 heavy (non-hydrogen) atoms. The van der Waals surface area contributed by atoms with Gasteiger partial charge in [-0.3, -0.25) is 9.78 Å². The van der Waals surface area contributed by atoms with Crippen molar-refractivity contribution in [3.8, 4) is 0 Å². The Bertz CT molecular complexity index is 613. The van der Waals surface area contributed by atoms with Crippen LogP contribution in [0.25, 0.3) is 0 Å². The van der Waals surface area contributed by atoms with Gasteiger partial charge in [-0.05, 0) is 25.0 Å². The van der Waals surface area contributed by atoms with Crippen molar-refractivity contribution >= 4 is 17.5 Å². The molecule has 0 bridgehead atoms. The summed E-state index contributed by atoms with van der Waals surface area (Å²) in [4.78, 5) is 18.7. The highest BCUT2D eigenvalue weighted by Crippen LogP contribution is 2.19. The Kier molecular flexibility index (Phi) is 5.34. The topological polar surface area (TPSA) is 33.2 Å². The number of aromatic nitrogens is 1. The Morgan fingerprint density at radius 1 is 1.29 bits per heavy atom. The number of benzene rings is 1. The zero-order valence-corrected chi connectivity index (χ0v) is 13.1. The van der Waals surface area contributed by atoms with Crippen LogP contribution < -0.4 is 0 Å². The van der Waals surface area contributed by atoms with E-state index in [2.05, 4.69) is 11.9 Å². The zero-order valence-electron chi connectivity index (χ0n) is 12.3. The van der Waals surface area contributed by atoms with Gasteiger partial charge in [0.1, 0.15) is 0 Å². The number of halogens is 1. The quantitative estimate of drug-likeness (QED) is 0.833. The molecule has 1 amide bonds. The van der Waals surface area contributed by atoms with E-state index >= 15 is 0 Å². The summed E-state index contributed by atoms with van der Waals surface area (Å²) in [7, 11) is 0. The molecule has 2 aromatic rings. The van der Waals surface area contributed by atoms with Gasteiger partial charge in [0, 0.05) is 25.0 Å². The van der Waals surface area contributed by atoms with Gasteiger partial charge in [0.15, 0.2) is 0 Å². The molecule has 3 nitrogen and oxygen atoms in total. The van der Waals surface area contributed by atoms with Crippen LogP contribution in [-0.4, -0.2) is 22.3 Å². The van der Waals surface area contributed by atoms with E-state index in [9.17, 15) is 4.79 Å². The van der Waals surface area contributed by atoms with Gasteiger partial charge in [0.2, 0.25) is 0 Å². The summed E-state index contributed by atoms with van der Waals surface area (Å²) in [6, 6.07) is 11.7. The molecule has 0 atom stereocenters. The molecule has 1 aromatic carbocycles. The van der Waals surface area contributed by atoms with E-state index in [1.807, 2.05) is 42.2 Å². The molecule has 0 aliphatic heterocycles. The summed E-state index contributed by atoms with van der Waals surface area (Å²) < 4.78 is 0. The summed E-state index contributed by atoms with van der Waals surface area (Å²) in [6.45, 7) is 5.18. The van der Waals surface area contributed by atoms with Crippen molar-refractivity contribution in [3.63, 3.8) is 0 Å². The van der Waals surface area contributed by atoms with Crippen LogP contribution in [0.3, 0.4) is 0 Å². The van der Waals surface area contributed by atoms with Crippen molar-refractivity contribution in [1.29, 1.82) is 0 Å². The molecular weight excluding hydrogens is 284 g/mol. The number of amides is 1. The van der Waals surface area contributed by atoms with E-state index in [0.717, 1.165) is 17.7 Å². The lowest BCUT2D eigenvalue weighted by atomic mass is 10.1. The second kappa shape index (κ2) is 7.23. The first-order valence-electron chi connectivity index (χ1n) is 7.07. The van der Waals surface area contributed by atoms with Crippen LogP contribution in [0.15, 0.2) is 42.6 Å². The highest BCUT2D eigenvalue weighted by molar-refractivity contribution is 6.33. The van der Waals surface area contributed by atoms with Crippen LogP contribution in [0.4, 0.5) is 0 Å². The number of aryl methyl sites for hydroxylation is 1. The maximum absolute atomic E-state index is 12.7. The molecule has 0 aliphatic carbocycles. The molecule has 110 valence electrons. The predicted octanol–water partition coefficient (Wildman–Crippen LogP) is 4.10. The van der Waals surface area contributed by atoms with Crippen LogP contribution in [0.2, 0.25) is 5.02 Å². The second-order valence-electron chi connectivity index (χ2n) is 5.02. The van der Waals surface area contributed by atoms with Crippen molar-refractivity contribution in [2.45, 2.75) is 26.8 Å². The molecule has 0 fully saturated rings. The van der Waals surface area contributed by atoms with Crippen LogP contribution in [-0.2, 0) is 6.54 Å². The highest BCUT2D eigenvalue weighted by atomic mass is 35.5. The molecule has 0 N–H and O–H groups in total. The Morgan fingerprint density at radius 3 is 2.62 bits per heavy atom. The normalized spacial score (nSPS) is 10.4. The fourth-order valence-electron chi connectivity index (χ4n) is 2.18. The van der Waals surface area contributed by atoms with E-state index in [0.29, 0.717) is 23.7 Å². The third kappa shape index (κ3) is 4.05. The summed E-state index contributed by atoms with van der Waals surface area (Å²) in [5.74, 6) is -0.0711. The SMILES string of the molecule is CCCN(Cc1ccccc1)C(=O)c1cnc(C)cc1Cl. The van der Waals surface area contributed by atoms with Gasteiger partial charge in [0.05, 0.1) is 10.6 Å². The molecule has 0 aliphatic rings. The predicted molar refractivity (Wildman–Crippen MR) is 85.5 cm³/mol. The molecule has 1 aromatic heterocycles. The Balaban J connectivity index is 2.23. The first-order valence-corrected chi connectivity index (χ1v) is 7.45. The van der Waals surface area contributed by atoms with Crippen LogP contribution >= 0.6 is 11.6 Å². The average Bonchev–Trinajstić information content (AvgIpc) is 2.47. The summed E-state index contributed by atoms with van der Waals surface area (Å²) in [5.41, 5.74) is 2.38. The minimum atomic E-state index is -0.0711. The Hall–Kier alpha value is -1.87. The van der Waals surface area contributed by atoms with Crippen LogP contribution in [0.5, 0.6) is 0 Å².